The third-order valence-electron chi connectivity index (χ3n) is 3.25. The van der Waals surface area contributed by atoms with E-state index in [4.69, 9.17) is 4.74 Å². The van der Waals surface area contributed by atoms with Crippen LogP contribution in [0.15, 0.2) is 29.2 Å². The van der Waals surface area contributed by atoms with Gasteiger partial charge in [-0.05, 0) is 44.4 Å². The molecule has 5 nitrogen and oxygen atoms in total. The maximum absolute atomic E-state index is 12.1. The zero-order valence-electron chi connectivity index (χ0n) is 12.6. The molecule has 1 aliphatic rings. The van der Waals surface area contributed by atoms with E-state index in [2.05, 4.69) is 10.0 Å². The summed E-state index contributed by atoms with van der Waals surface area (Å²) in [5.74, 6) is 0. The van der Waals surface area contributed by atoms with Crippen LogP contribution in [-0.4, -0.2) is 33.7 Å². The minimum Gasteiger partial charge on any atom is -0.377 e. The molecule has 0 heterocycles. The summed E-state index contributed by atoms with van der Waals surface area (Å²) in [6, 6.07) is 7.66. The molecule has 0 saturated heterocycles. The SMILES string of the molecule is CC(C)OCCNS(=O)(=O)c1ccc(CNC2CC2)cc1. The lowest BCUT2D eigenvalue weighted by Gasteiger charge is -2.10. The Morgan fingerprint density at radius 2 is 1.90 bits per heavy atom. The summed E-state index contributed by atoms with van der Waals surface area (Å²) in [6.45, 7) is 5.29. The standard InChI is InChI=1S/C15H24N2O3S/c1-12(2)20-10-9-17-21(18,19)15-7-3-13(4-8-15)11-16-14-5-6-14/h3-4,7-8,12,14,16-17H,5-6,9-11H2,1-2H3. The molecule has 0 aliphatic heterocycles. The van der Waals surface area contributed by atoms with E-state index in [-0.39, 0.29) is 12.6 Å². The van der Waals surface area contributed by atoms with Crippen LogP contribution in [-0.2, 0) is 21.3 Å². The van der Waals surface area contributed by atoms with Gasteiger partial charge in [0.2, 0.25) is 10.0 Å². The Hall–Kier alpha value is -0.950. The van der Waals surface area contributed by atoms with E-state index in [1.54, 1.807) is 12.1 Å². The lowest BCUT2D eigenvalue weighted by atomic mass is 10.2. The first-order chi connectivity index (χ1) is 9.97. The van der Waals surface area contributed by atoms with Crippen molar-refractivity contribution in [2.45, 2.75) is 50.3 Å². The highest BCUT2D eigenvalue weighted by molar-refractivity contribution is 7.89. The van der Waals surface area contributed by atoms with Crippen LogP contribution in [0, 0.1) is 0 Å². The molecule has 1 aliphatic carbocycles. The van der Waals surface area contributed by atoms with E-state index in [1.807, 2.05) is 26.0 Å². The molecule has 1 aromatic rings. The zero-order chi connectivity index (χ0) is 15.3. The molecule has 1 aromatic carbocycles. The number of hydrogen-bond donors (Lipinski definition) is 2. The van der Waals surface area contributed by atoms with Crippen molar-refractivity contribution in [1.29, 1.82) is 0 Å². The normalized spacial score (nSPS) is 15.6. The number of nitrogens with one attached hydrogen (secondary N) is 2. The molecule has 1 fully saturated rings. The smallest absolute Gasteiger partial charge is 0.240 e. The van der Waals surface area contributed by atoms with E-state index in [0.717, 1.165) is 12.1 Å². The molecule has 0 unspecified atom stereocenters. The number of ether oxygens (including phenoxy) is 1. The van der Waals surface area contributed by atoms with Gasteiger partial charge in [0.25, 0.3) is 0 Å². The van der Waals surface area contributed by atoms with Gasteiger partial charge in [0.15, 0.2) is 0 Å². The minimum atomic E-state index is -3.44. The Kier molecular flexibility index (Phi) is 5.75. The molecule has 0 aromatic heterocycles. The maximum atomic E-state index is 12.1. The fourth-order valence-electron chi connectivity index (χ4n) is 1.89. The van der Waals surface area contributed by atoms with Crippen LogP contribution in [0.1, 0.15) is 32.3 Å². The average molecular weight is 312 g/mol. The predicted octanol–water partition coefficient (Wildman–Crippen LogP) is 1.64. The second kappa shape index (κ2) is 7.35. The van der Waals surface area contributed by atoms with Gasteiger partial charge in [0.1, 0.15) is 0 Å². The molecule has 1 saturated carbocycles. The molecule has 2 rings (SSSR count). The van der Waals surface area contributed by atoms with Gasteiger partial charge in [-0.2, -0.15) is 0 Å². The highest BCUT2D eigenvalue weighted by Gasteiger charge is 2.20. The summed E-state index contributed by atoms with van der Waals surface area (Å²) in [6.07, 6.45) is 2.59. The number of rotatable bonds is 9. The van der Waals surface area contributed by atoms with Gasteiger partial charge in [0, 0.05) is 19.1 Å². The molecule has 0 radical (unpaired) electrons. The van der Waals surface area contributed by atoms with Crippen molar-refractivity contribution < 1.29 is 13.2 Å². The first kappa shape index (κ1) is 16.4. The first-order valence-electron chi connectivity index (χ1n) is 7.41. The van der Waals surface area contributed by atoms with Gasteiger partial charge < -0.3 is 10.1 Å². The van der Waals surface area contributed by atoms with Crippen LogP contribution in [0.25, 0.3) is 0 Å². The summed E-state index contributed by atoms with van der Waals surface area (Å²) in [7, 11) is -3.44. The summed E-state index contributed by atoms with van der Waals surface area (Å²) in [5, 5.41) is 3.40. The zero-order valence-corrected chi connectivity index (χ0v) is 13.4. The fourth-order valence-corrected chi connectivity index (χ4v) is 2.90. The molecule has 0 atom stereocenters. The molecule has 21 heavy (non-hydrogen) atoms. The second-order valence-corrected chi connectivity index (χ2v) is 7.38. The van der Waals surface area contributed by atoms with Crippen molar-refractivity contribution >= 4 is 10.0 Å². The van der Waals surface area contributed by atoms with Crippen LogP contribution in [0.4, 0.5) is 0 Å². The molecule has 118 valence electrons. The van der Waals surface area contributed by atoms with Crippen LogP contribution < -0.4 is 10.0 Å². The number of benzene rings is 1. The van der Waals surface area contributed by atoms with E-state index in [9.17, 15) is 8.42 Å². The van der Waals surface area contributed by atoms with Gasteiger partial charge in [0.05, 0.1) is 17.6 Å². The summed E-state index contributed by atoms with van der Waals surface area (Å²) in [4.78, 5) is 0.294. The maximum Gasteiger partial charge on any atom is 0.240 e. The van der Waals surface area contributed by atoms with E-state index in [1.165, 1.54) is 12.8 Å². The molecular weight excluding hydrogens is 288 g/mol. The Morgan fingerprint density at radius 3 is 2.48 bits per heavy atom. The lowest BCUT2D eigenvalue weighted by molar-refractivity contribution is 0.0834. The van der Waals surface area contributed by atoms with Gasteiger partial charge in [-0.15, -0.1) is 0 Å². The Bertz CT molecular complexity index is 537. The molecule has 0 spiro atoms. The molecule has 0 bridgehead atoms. The van der Waals surface area contributed by atoms with Gasteiger partial charge in [-0.25, -0.2) is 13.1 Å². The third kappa shape index (κ3) is 5.74. The van der Waals surface area contributed by atoms with Crippen LogP contribution in [0.3, 0.4) is 0 Å². The molecule has 6 heteroatoms. The second-order valence-electron chi connectivity index (χ2n) is 5.62. The van der Waals surface area contributed by atoms with Crippen LogP contribution >= 0.6 is 0 Å². The Labute approximate surface area is 127 Å². The van der Waals surface area contributed by atoms with E-state index in [0.29, 0.717) is 17.5 Å². The summed E-state index contributed by atoms with van der Waals surface area (Å²) in [5.41, 5.74) is 1.10. The van der Waals surface area contributed by atoms with Crippen LogP contribution in [0.5, 0.6) is 0 Å². The van der Waals surface area contributed by atoms with Crippen molar-refractivity contribution in [2.75, 3.05) is 13.2 Å². The number of sulfonamides is 1. The largest absolute Gasteiger partial charge is 0.377 e. The quantitative estimate of drug-likeness (QED) is 0.680. The topological polar surface area (TPSA) is 67.4 Å². The van der Waals surface area contributed by atoms with Crippen molar-refractivity contribution in [2.24, 2.45) is 0 Å². The average Bonchev–Trinajstić information content (AvgIpc) is 3.26. The van der Waals surface area contributed by atoms with E-state index < -0.39 is 10.0 Å². The van der Waals surface area contributed by atoms with Crippen molar-refractivity contribution in [3.63, 3.8) is 0 Å². The highest BCUT2D eigenvalue weighted by atomic mass is 32.2. The Morgan fingerprint density at radius 1 is 1.24 bits per heavy atom. The van der Waals surface area contributed by atoms with Gasteiger partial charge >= 0.3 is 0 Å². The summed E-state index contributed by atoms with van der Waals surface area (Å²) >= 11 is 0. The third-order valence-corrected chi connectivity index (χ3v) is 4.73. The monoisotopic (exact) mass is 312 g/mol. The van der Waals surface area contributed by atoms with E-state index >= 15 is 0 Å². The van der Waals surface area contributed by atoms with Crippen molar-refractivity contribution in [1.82, 2.24) is 10.0 Å². The molecule has 0 amide bonds. The van der Waals surface area contributed by atoms with Crippen molar-refractivity contribution in [3.8, 4) is 0 Å². The van der Waals surface area contributed by atoms with Gasteiger partial charge in [-0.3, -0.25) is 0 Å². The number of hydrogen-bond acceptors (Lipinski definition) is 4. The highest BCUT2D eigenvalue weighted by Crippen LogP contribution is 2.19. The van der Waals surface area contributed by atoms with Crippen molar-refractivity contribution in [3.05, 3.63) is 29.8 Å². The fraction of sp³-hybridized carbons (Fsp3) is 0.600. The first-order valence-corrected chi connectivity index (χ1v) is 8.89. The molecule has 2 N–H and O–H groups in total. The Balaban J connectivity index is 1.83. The van der Waals surface area contributed by atoms with Gasteiger partial charge in [-0.1, -0.05) is 12.1 Å². The predicted molar refractivity (Wildman–Crippen MR) is 82.6 cm³/mol. The minimum absolute atomic E-state index is 0.104. The summed E-state index contributed by atoms with van der Waals surface area (Å²) < 4.78 is 32.0. The lowest BCUT2D eigenvalue weighted by Crippen LogP contribution is -2.28. The molecular formula is C15H24N2O3S. The van der Waals surface area contributed by atoms with Crippen LogP contribution in [0.2, 0.25) is 0 Å².